The lowest BCUT2D eigenvalue weighted by molar-refractivity contribution is -0.122. The minimum atomic E-state index is -0.845. The van der Waals surface area contributed by atoms with Gasteiger partial charge in [0.25, 0.3) is 11.8 Å². The van der Waals surface area contributed by atoms with E-state index in [1.54, 1.807) is 60.7 Å². The molecule has 0 atom stereocenters. The molecule has 7 nitrogen and oxygen atoms in total. The van der Waals surface area contributed by atoms with Crippen LogP contribution in [-0.2, 0) is 16.2 Å². The molecule has 4 rings (SSSR count). The normalized spacial score (nSPS) is 14.7. The summed E-state index contributed by atoms with van der Waals surface area (Å²) in [7, 11) is 0. The summed E-state index contributed by atoms with van der Waals surface area (Å²) in [6.45, 7) is 0.124. The van der Waals surface area contributed by atoms with Gasteiger partial charge >= 0.3 is 6.03 Å². The zero-order valence-corrected chi connectivity index (χ0v) is 17.9. The maximum absolute atomic E-state index is 13.1. The van der Waals surface area contributed by atoms with E-state index < -0.39 is 17.8 Å². The second-order valence-electron chi connectivity index (χ2n) is 7.03. The van der Waals surface area contributed by atoms with Crippen LogP contribution in [0, 0.1) is 11.3 Å². The van der Waals surface area contributed by atoms with Crippen LogP contribution in [0.25, 0.3) is 6.08 Å². The van der Waals surface area contributed by atoms with Crippen molar-refractivity contribution in [2.75, 3.05) is 4.90 Å². The van der Waals surface area contributed by atoms with E-state index in [0.29, 0.717) is 27.5 Å². The third-order valence-corrected chi connectivity index (χ3v) is 5.18. The van der Waals surface area contributed by atoms with Crippen LogP contribution < -0.4 is 15.0 Å². The molecule has 1 heterocycles. The number of nitrogens with zero attached hydrogens (tertiary/aromatic N) is 2. The molecule has 0 bridgehead atoms. The van der Waals surface area contributed by atoms with Gasteiger partial charge in [0.15, 0.2) is 0 Å². The second kappa shape index (κ2) is 9.39. The van der Waals surface area contributed by atoms with Crippen LogP contribution in [-0.4, -0.2) is 17.8 Å². The fourth-order valence-electron chi connectivity index (χ4n) is 3.28. The minimum absolute atomic E-state index is 0.124. The molecule has 1 N–H and O–H groups in total. The van der Waals surface area contributed by atoms with Crippen LogP contribution in [0.3, 0.4) is 0 Å². The Kier molecular flexibility index (Phi) is 6.20. The molecular formula is C25H16ClN3O4. The van der Waals surface area contributed by atoms with Gasteiger partial charge in [-0.1, -0.05) is 48.0 Å². The molecule has 3 aromatic rings. The number of imide groups is 2. The first-order valence-corrected chi connectivity index (χ1v) is 10.2. The molecule has 0 radical (unpaired) electrons. The van der Waals surface area contributed by atoms with Crippen LogP contribution in [0.5, 0.6) is 5.75 Å². The Bertz CT molecular complexity index is 1330. The fraction of sp³-hybridized carbons (Fsp3) is 0.0400. The van der Waals surface area contributed by atoms with Gasteiger partial charge in [-0.25, -0.2) is 9.69 Å². The highest BCUT2D eigenvalue weighted by Gasteiger charge is 2.36. The van der Waals surface area contributed by atoms with E-state index in [-0.39, 0.29) is 17.9 Å². The summed E-state index contributed by atoms with van der Waals surface area (Å²) >= 11 is 5.89. The van der Waals surface area contributed by atoms with E-state index in [1.807, 2.05) is 0 Å². The van der Waals surface area contributed by atoms with E-state index in [2.05, 4.69) is 11.4 Å². The first-order valence-electron chi connectivity index (χ1n) is 9.85. The minimum Gasteiger partial charge on any atom is -0.488 e. The van der Waals surface area contributed by atoms with Gasteiger partial charge in [-0.15, -0.1) is 0 Å². The molecule has 0 aliphatic carbocycles. The molecule has 0 saturated carbocycles. The number of benzene rings is 3. The van der Waals surface area contributed by atoms with Gasteiger partial charge in [-0.05, 0) is 42.5 Å². The summed E-state index contributed by atoms with van der Waals surface area (Å²) in [4.78, 5) is 38.8. The van der Waals surface area contributed by atoms with Crippen molar-refractivity contribution in [1.82, 2.24) is 5.32 Å². The van der Waals surface area contributed by atoms with Gasteiger partial charge in [-0.2, -0.15) is 5.26 Å². The largest absolute Gasteiger partial charge is 0.488 e. The summed E-state index contributed by atoms with van der Waals surface area (Å²) in [6, 6.07) is 21.3. The van der Waals surface area contributed by atoms with Gasteiger partial charge in [0.05, 0.1) is 17.3 Å². The van der Waals surface area contributed by atoms with Crippen LogP contribution >= 0.6 is 11.6 Å². The van der Waals surface area contributed by atoms with E-state index in [0.717, 1.165) is 4.90 Å². The third-order valence-electron chi connectivity index (χ3n) is 4.93. The molecule has 0 aromatic heterocycles. The number of carbonyl (C=O) groups excluding carboxylic acids is 3. The number of barbiturate groups is 1. The van der Waals surface area contributed by atoms with Gasteiger partial charge in [0.1, 0.15) is 17.9 Å². The highest BCUT2D eigenvalue weighted by molar-refractivity contribution is 6.39. The Morgan fingerprint density at radius 3 is 2.42 bits per heavy atom. The summed E-state index contributed by atoms with van der Waals surface area (Å²) in [5, 5.41) is 11.9. The van der Waals surface area contributed by atoms with Crippen molar-refractivity contribution in [3.63, 3.8) is 0 Å². The van der Waals surface area contributed by atoms with Crippen molar-refractivity contribution in [2.45, 2.75) is 6.61 Å². The van der Waals surface area contributed by atoms with Gasteiger partial charge in [0.2, 0.25) is 0 Å². The third kappa shape index (κ3) is 4.61. The number of halogens is 1. The number of carbonyl (C=O) groups is 3. The number of rotatable bonds is 5. The number of urea groups is 1. The number of hydrogen-bond acceptors (Lipinski definition) is 5. The Morgan fingerprint density at radius 1 is 0.970 bits per heavy atom. The molecule has 33 heavy (non-hydrogen) atoms. The number of hydrogen-bond donors (Lipinski definition) is 1. The summed E-state index contributed by atoms with van der Waals surface area (Å²) in [5.74, 6) is -1.16. The molecule has 1 saturated heterocycles. The maximum Gasteiger partial charge on any atom is 0.335 e. The summed E-state index contributed by atoms with van der Waals surface area (Å²) in [5.41, 5.74) is 1.72. The first-order chi connectivity index (χ1) is 16.0. The van der Waals surface area contributed by atoms with Crippen molar-refractivity contribution in [3.8, 4) is 11.8 Å². The van der Waals surface area contributed by atoms with Crippen LogP contribution in [0.2, 0.25) is 5.02 Å². The maximum atomic E-state index is 13.1. The molecule has 0 spiro atoms. The van der Waals surface area contributed by atoms with Crippen molar-refractivity contribution < 1.29 is 19.1 Å². The zero-order valence-electron chi connectivity index (χ0n) is 17.1. The van der Waals surface area contributed by atoms with Crippen LogP contribution in [0.4, 0.5) is 10.5 Å². The Labute approximate surface area is 194 Å². The lowest BCUT2D eigenvalue weighted by Gasteiger charge is -2.26. The van der Waals surface area contributed by atoms with Gasteiger partial charge < -0.3 is 4.74 Å². The lowest BCUT2D eigenvalue weighted by atomic mass is 10.1. The van der Waals surface area contributed by atoms with E-state index in [9.17, 15) is 19.6 Å². The van der Waals surface area contributed by atoms with Crippen LogP contribution in [0.1, 0.15) is 16.7 Å². The van der Waals surface area contributed by atoms with Gasteiger partial charge in [0, 0.05) is 16.1 Å². The monoisotopic (exact) mass is 457 g/mol. The number of ether oxygens (including phenoxy) is 1. The van der Waals surface area contributed by atoms with E-state index in [1.165, 1.54) is 18.2 Å². The van der Waals surface area contributed by atoms with Crippen LogP contribution in [0.15, 0.2) is 78.4 Å². The molecule has 1 aliphatic rings. The Balaban J connectivity index is 1.64. The second-order valence-corrected chi connectivity index (χ2v) is 7.47. The quantitative estimate of drug-likeness (QED) is 0.450. The number of anilines is 1. The highest BCUT2D eigenvalue weighted by Crippen LogP contribution is 2.27. The molecular weight excluding hydrogens is 442 g/mol. The smallest absolute Gasteiger partial charge is 0.335 e. The molecule has 162 valence electrons. The van der Waals surface area contributed by atoms with Gasteiger partial charge in [-0.3, -0.25) is 14.9 Å². The Morgan fingerprint density at radius 2 is 1.67 bits per heavy atom. The molecule has 4 amide bonds. The van der Waals surface area contributed by atoms with E-state index in [4.69, 9.17) is 16.3 Å². The summed E-state index contributed by atoms with van der Waals surface area (Å²) < 4.78 is 5.89. The number of nitrogens with one attached hydrogen (secondary N) is 1. The fourth-order valence-corrected chi connectivity index (χ4v) is 3.41. The number of nitriles is 1. The molecule has 8 heteroatoms. The van der Waals surface area contributed by atoms with Crippen molar-refractivity contribution in [1.29, 1.82) is 5.26 Å². The van der Waals surface area contributed by atoms with Crippen molar-refractivity contribution in [3.05, 3.63) is 100 Å². The molecule has 1 aliphatic heterocycles. The average Bonchev–Trinajstić information content (AvgIpc) is 2.82. The predicted octanol–water partition coefficient (Wildman–Crippen LogP) is 4.46. The SMILES string of the molecule is N#Cc1ccccc1COc1ccccc1/C=C1\C(=O)NC(=O)N(c2ccc(Cl)cc2)C1=O. The average molecular weight is 458 g/mol. The van der Waals surface area contributed by atoms with Crippen molar-refractivity contribution >= 4 is 41.2 Å². The molecule has 3 aromatic carbocycles. The van der Waals surface area contributed by atoms with Crippen molar-refractivity contribution in [2.24, 2.45) is 0 Å². The standard InChI is InChI=1S/C25H16ClN3O4/c26-19-9-11-20(12-10-19)29-24(31)21(23(30)28-25(29)32)13-16-5-3-4-8-22(16)33-15-18-7-2-1-6-17(18)14-27/h1-13H,15H2,(H,28,30,32)/b21-13+. The lowest BCUT2D eigenvalue weighted by Crippen LogP contribution is -2.54. The predicted molar refractivity (Wildman–Crippen MR) is 122 cm³/mol. The summed E-state index contributed by atoms with van der Waals surface area (Å²) in [6.07, 6.45) is 1.37. The zero-order chi connectivity index (χ0) is 23.4. The highest BCUT2D eigenvalue weighted by atomic mass is 35.5. The molecule has 1 fully saturated rings. The topological polar surface area (TPSA) is 99.5 Å². The molecule has 0 unspecified atom stereocenters. The first kappa shape index (κ1) is 21.8. The Hall–Kier alpha value is -4.41. The van der Waals surface area contributed by atoms with E-state index >= 15 is 0 Å². The number of para-hydroxylation sites is 1. The number of amides is 4.